The van der Waals surface area contributed by atoms with Crippen LogP contribution < -0.4 is 0 Å². The molecule has 1 fully saturated rings. The molecule has 0 spiro atoms. The minimum absolute atomic E-state index is 0.182. The lowest BCUT2D eigenvalue weighted by atomic mass is 9.76. The van der Waals surface area contributed by atoms with Crippen LogP contribution in [0.15, 0.2) is 60.7 Å². The van der Waals surface area contributed by atoms with Crippen molar-refractivity contribution in [1.82, 2.24) is 4.90 Å². The minimum Gasteiger partial charge on any atom is -0.342 e. The van der Waals surface area contributed by atoms with Crippen LogP contribution in [0.1, 0.15) is 43.7 Å². The number of carbonyl (C=O) groups excluding carboxylic acids is 1. The van der Waals surface area contributed by atoms with Gasteiger partial charge in [-0.1, -0.05) is 60.7 Å². The summed E-state index contributed by atoms with van der Waals surface area (Å²) in [4.78, 5) is 14.7. The van der Waals surface area contributed by atoms with Gasteiger partial charge in [-0.2, -0.15) is 0 Å². The van der Waals surface area contributed by atoms with Gasteiger partial charge in [-0.25, -0.2) is 0 Å². The van der Waals surface area contributed by atoms with Crippen LogP contribution in [0.3, 0.4) is 0 Å². The number of nitrogens with zero attached hydrogens (tertiary/aromatic N) is 1. The molecule has 0 N–H and O–H groups in total. The van der Waals surface area contributed by atoms with Gasteiger partial charge in [0, 0.05) is 24.9 Å². The highest BCUT2D eigenvalue weighted by atomic mass is 35.5. The van der Waals surface area contributed by atoms with Gasteiger partial charge < -0.3 is 4.90 Å². The van der Waals surface area contributed by atoms with Crippen LogP contribution in [0.4, 0.5) is 0 Å². The molecule has 2 aromatic rings. The summed E-state index contributed by atoms with van der Waals surface area (Å²) in [5.41, 5.74) is 2.25. The zero-order valence-electron chi connectivity index (χ0n) is 15.7. The van der Waals surface area contributed by atoms with Crippen LogP contribution in [0, 0.1) is 11.3 Å². The number of benzene rings is 2. The van der Waals surface area contributed by atoms with E-state index in [0.29, 0.717) is 17.7 Å². The van der Waals surface area contributed by atoms with E-state index in [2.05, 4.69) is 60.7 Å². The molecular weight excluding hydrogens is 342 g/mol. The van der Waals surface area contributed by atoms with Crippen LogP contribution in [0.5, 0.6) is 0 Å². The Morgan fingerprint density at radius 2 is 1.46 bits per heavy atom. The molecule has 1 aliphatic heterocycles. The van der Waals surface area contributed by atoms with Crippen molar-refractivity contribution in [1.29, 1.82) is 0 Å². The largest absolute Gasteiger partial charge is 0.342 e. The molecule has 3 rings (SSSR count). The van der Waals surface area contributed by atoms with Crippen LogP contribution in [-0.2, 0) is 4.79 Å². The summed E-state index contributed by atoms with van der Waals surface area (Å²) in [6, 6.07) is 21.5. The van der Waals surface area contributed by atoms with Gasteiger partial charge in [0.1, 0.15) is 0 Å². The lowest BCUT2D eigenvalue weighted by Gasteiger charge is -2.39. The fourth-order valence-corrected chi connectivity index (χ4v) is 4.09. The molecule has 1 saturated heterocycles. The fraction of sp³-hybridized carbons (Fsp3) is 0.435. The molecule has 0 aromatic heterocycles. The average Bonchev–Trinajstić information content (AvgIpc) is 2.70. The molecule has 1 heterocycles. The van der Waals surface area contributed by atoms with Crippen LogP contribution in [0.2, 0.25) is 0 Å². The van der Waals surface area contributed by atoms with E-state index in [1.54, 1.807) is 0 Å². The van der Waals surface area contributed by atoms with E-state index < -0.39 is 5.41 Å². The first-order chi connectivity index (χ1) is 12.5. The van der Waals surface area contributed by atoms with Gasteiger partial charge in [-0.05, 0) is 43.7 Å². The number of alkyl halides is 1. The second-order valence-corrected chi connectivity index (χ2v) is 8.21. The summed E-state index contributed by atoms with van der Waals surface area (Å²) in [6.07, 6.45) is 2.05. The molecule has 0 bridgehead atoms. The van der Waals surface area contributed by atoms with Gasteiger partial charge in [0.15, 0.2) is 0 Å². The fourth-order valence-electron chi connectivity index (χ4n) is 3.98. The normalized spacial score (nSPS) is 16.1. The van der Waals surface area contributed by atoms with E-state index in [1.165, 1.54) is 11.1 Å². The second-order valence-electron chi connectivity index (χ2n) is 7.95. The zero-order chi connectivity index (χ0) is 18.6. The van der Waals surface area contributed by atoms with Crippen LogP contribution in [-0.4, -0.2) is 29.8 Å². The summed E-state index contributed by atoms with van der Waals surface area (Å²) in [5.74, 6) is 1.48. The molecule has 0 unspecified atom stereocenters. The first kappa shape index (κ1) is 19.0. The molecular formula is C23H28ClNO. The predicted molar refractivity (Wildman–Crippen MR) is 109 cm³/mol. The Morgan fingerprint density at radius 3 is 1.88 bits per heavy atom. The number of hydrogen-bond acceptors (Lipinski definition) is 1. The lowest BCUT2D eigenvalue weighted by Crippen LogP contribution is -2.46. The third kappa shape index (κ3) is 4.12. The topological polar surface area (TPSA) is 20.3 Å². The van der Waals surface area contributed by atoms with Crippen molar-refractivity contribution < 1.29 is 4.79 Å². The summed E-state index contributed by atoms with van der Waals surface area (Å²) < 4.78 is 0. The smallest absolute Gasteiger partial charge is 0.229 e. The first-order valence-electron chi connectivity index (χ1n) is 9.48. The number of piperidine rings is 1. The first-order valence-corrected chi connectivity index (χ1v) is 10.0. The van der Waals surface area contributed by atoms with E-state index in [4.69, 9.17) is 11.6 Å². The van der Waals surface area contributed by atoms with Crippen molar-refractivity contribution in [2.45, 2.75) is 32.6 Å². The van der Waals surface area contributed by atoms with E-state index >= 15 is 0 Å². The van der Waals surface area contributed by atoms with Crippen molar-refractivity contribution in [2.24, 2.45) is 11.3 Å². The summed E-state index contributed by atoms with van der Waals surface area (Å²) in [7, 11) is 0. The molecule has 1 aliphatic rings. The molecule has 26 heavy (non-hydrogen) atoms. The minimum atomic E-state index is -0.480. The van der Waals surface area contributed by atoms with Gasteiger partial charge in [0.2, 0.25) is 5.91 Å². The Morgan fingerprint density at radius 1 is 1.00 bits per heavy atom. The van der Waals surface area contributed by atoms with Crippen molar-refractivity contribution in [3.63, 3.8) is 0 Å². The number of carbonyl (C=O) groups is 1. The molecule has 138 valence electrons. The Bertz CT molecular complexity index is 666. The van der Waals surface area contributed by atoms with Crippen molar-refractivity contribution in [3.8, 4) is 0 Å². The Balaban J connectivity index is 1.77. The van der Waals surface area contributed by atoms with Crippen LogP contribution in [0.25, 0.3) is 0 Å². The quantitative estimate of drug-likeness (QED) is 0.653. The third-order valence-corrected chi connectivity index (χ3v) is 6.20. The van der Waals surface area contributed by atoms with Crippen molar-refractivity contribution in [3.05, 3.63) is 71.8 Å². The molecule has 2 aromatic carbocycles. The average molecular weight is 370 g/mol. The highest BCUT2D eigenvalue weighted by Gasteiger charge is 2.35. The van der Waals surface area contributed by atoms with E-state index in [1.807, 2.05) is 18.7 Å². The number of likely N-dealkylation sites (tertiary alicyclic amines) is 1. The predicted octanol–water partition coefficient (Wildman–Crippen LogP) is 5.32. The van der Waals surface area contributed by atoms with E-state index in [9.17, 15) is 4.79 Å². The maximum atomic E-state index is 12.7. The van der Waals surface area contributed by atoms with Gasteiger partial charge >= 0.3 is 0 Å². The Hall–Kier alpha value is -1.80. The second kappa shape index (κ2) is 8.26. The highest BCUT2D eigenvalue weighted by molar-refractivity contribution is 6.19. The molecule has 0 radical (unpaired) electrons. The number of amides is 1. The summed E-state index contributed by atoms with van der Waals surface area (Å²) in [5, 5.41) is 0. The van der Waals surface area contributed by atoms with Gasteiger partial charge in [0.25, 0.3) is 0 Å². The Kier molecular flexibility index (Phi) is 6.03. The number of rotatable bonds is 5. The standard InChI is InChI=1S/C23H28ClNO/c1-23(2,17-24)22(26)25-15-13-20(14-16-25)21(18-9-5-3-6-10-18)19-11-7-4-8-12-19/h3-12,20-21H,13-17H2,1-2H3. The number of halogens is 1. The van der Waals surface area contributed by atoms with E-state index in [0.717, 1.165) is 25.9 Å². The number of hydrogen-bond donors (Lipinski definition) is 0. The molecule has 0 saturated carbocycles. The highest BCUT2D eigenvalue weighted by Crippen LogP contribution is 2.38. The summed E-state index contributed by atoms with van der Waals surface area (Å²) >= 11 is 6.00. The van der Waals surface area contributed by atoms with Crippen LogP contribution >= 0.6 is 11.6 Å². The maximum absolute atomic E-state index is 12.7. The lowest BCUT2D eigenvalue weighted by molar-refractivity contribution is -0.140. The Labute approximate surface area is 162 Å². The maximum Gasteiger partial charge on any atom is 0.229 e. The summed E-state index contributed by atoms with van der Waals surface area (Å²) in [6.45, 7) is 5.51. The van der Waals surface area contributed by atoms with E-state index in [-0.39, 0.29) is 5.91 Å². The van der Waals surface area contributed by atoms with Crippen molar-refractivity contribution in [2.75, 3.05) is 19.0 Å². The van der Waals surface area contributed by atoms with Gasteiger partial charge in [0.05, 0.1) is 5.41 Å². The molecule has 3 heteroatoms. The monoisotopic (exact) mass is 369 g/mol. The van der Waals surface area contributed by atoms with Gasteiger partial charge in [-0.15, -0.1) is 11.6 Å². The molecule has 2 nitrogen and oxygen atoms in total. The van der Waals surface area contributed by atoms with Crippen molar-refractivity contribution >= 4 is 17.5 Å². The zero-order valence-corrected chi connectivity index (χ0v) is 16.5. The third-order valence-electron chi connectivity index (χ3n) is 5.53. The molecule has 1 amide bonds. The molecule has 0 aliphatic carbocycles. The SMILES string of the molecule is CC(C)(CCl)C(=O)N1CCC(C(c2ccccc2)c2ccccc2)CC1. The van der Waals surface area contributed by atoms with Gasteiger partial charge in [-0.3, -0.25) is 4.79 Å². The molecule has 0 atom stereocenters.